The summed E-state index contributed by atoms with van der Waals surface area (Å²) in [4.78, 5) is 27.5. The maximum atomic E-state index is 13.7. The van der Waals surface area contributed by atoms with Crippen molar-refractivity contribution in [1.82, 2.24) is 15.0 Å². The van der Waals surface area contributed by atoms with Crippen LogP contribution in [0.1, 0.15) is 22.8 Å². The van der Waals surface area contributed by atoms with E-state index in [9.17, 15) is 9.18 Å². The fourth-order valence-corrected chi connectivity index (χ4v) is 3.38. The number of carbonyl (C=O) groups is 1. The molecule has 1 aliphatic heterocycles. The number of rotatable bonds is 6. The van der Waals surface area contributed by atoms with Crippen LogP contribution < -0.4 is 10.2 Å². The first-order valence-electron chi connectivity index (χ1n) is 10.4. The van der Waals surface area contributed by atoms with Crippen LogP contribution in [0.3, 0.4) is 0 Å². The Kier molecular flexibility index (Phi) is 6.71. The lowest BCUT2D eigenvalue weighted by atomic mass is 10.1. The minimum atomic E-state index is -0.595. The molecule has 0 aliphatic carbocycles. The van der Waals surface area contributed by atoms with E-state index in [1.165, 1.54) is 24.4 Å². The molecule has 3 aromatic rings. The molecule has 0 atom stereocenters. The third-order valence-electron chi connectivity index (χ3n) is 4.98. The lowest BCUT2D eigenvalue weighted by molar-refractivity contribution is 0.0526. The van der Waals surface area contributed by atoms with Gasteiger partial charge in [-0.15, -0.1) is 0 Å². The Balaban J connectivity index is 1.71. The molecule has 0 unspecified atom stereocenters. The minimum Gasteiger partial charge on any atom is -0.462 e. The number of benzene rings is 1. The van der Waals surface area contributed by atoms with Crippen molar-refractivity contribution < 1.29 is 18.7 Å². The Bertz CT molecular complexity index is 1210. The monoisotopic (exact) mass is 448 g/mol. The first-order chi connectivity index (χ1) is 16.1. The number of pyridine rings is 1. The van der Waals surface area contributed by atoms with Gasteiger partial charge in [0.2, 0.25) is 5.95 Å². The Morgan fingerprint density at radius 3 is 2.85 bits per heavy atom. The highest BCUT2D eigenvalue weighted by molar-refractivity contribution is 5.91. The van der Waals surface area contributed by atoms with Crippen LogP contribution in [0.2, 0.25) is 0 Å². The van der Waals surface area contributed by atoms with Crippen LogP contribution in [-0.2, 0) is 9.47 Å². The Hall–Kier alpha value is -4.10. The van der Waals surface area contributed by atoms with E-state index in [0.29, 0.717) is 54.5 Å². The highest BCUT2D eigenvalue weighted by Gasteiger charge is 2.20. The number of hydrogen-bond acceptors (Lipinski definition) is 9. The molecule has 4 rings (SSSR count). The van der Waals surface area contributed by atoms with Crippen molar-refractivity contribution >= 4 is 23.4 Å². The molecule has 33 heavy (non-hydrogen) atoms. The average molecular weight is 448 g/mol. The van der Waals surface area contributed by atoms with Gasteiger partial charge in [-0.05, 0) is 31.2 Å². The topological polar surface area (TPSA) is 113 Å². The summed E-state index contributed by atoms with van der Waals surface area (Å²) in [6, 6.07) is 7.63. The van der Waals surface area contributed by atoms with Gasteiger partial charge >= 0.3 is 5.97 Å². The maximum absolute atomic E-state index is 13.7. The summed E-state index contributed by atoms with van der Waals surface area (Å²) in [5, 5.41) is 12.1. The average Bonchev–Trinajstić information content (AvgIpc) is 2.86. The molecule has 0 amide bonds. The standard InChI is InChI=1S/C23H21FN6O3/c1-2-33-22(31)17-9-16(12-26-13-17)19-14-27-23(29-21(19)30-5-7-32-8-6-30)28-18-3-4-20(24)15(10-18)11-25/h3-4,9-10,12-14H,2,5-8H2,1H3,(H,27,28,29). The summed E-state index contributed by atoms with van der Waals surface area (Å²) in [6.45, 7) is 4.37. The van der Waals surface area contributed by atoms with Crippen molar-refractivity contribution in [3.8, 4) is 17.2 Å². The van der Waals surface area contributed by atoms with Gasteiger partial charge in [-0.3, -0.25) is 4.98 Å². The van der Waals surface area contributed by atoms with Crippen LogP contribution in [0.15, 0.2) is 42.9 Å². The van der Waals surface area contributed by atoms with E-state index in [0.717, 1.165) is 0 Å². The smallest absolute Gasteiger partial charge is 0.339 e. The summed E-state index contributed by atoms with van der Waals surface area (Å²) in [7, 11) is 0. The molecule has 1 aliphatic rings. The summed E-state index contributed by atoms with van der Waals surface area (Å²) in [5.74, 6) is -0.127. The highest BCUT2D eigenvalue weighted by atomic mass is 19.1. The molecule has 0 radical (unpaired) electrons. The summed E-state index contributed by atoms with van der Waals surface area (Å²) < 4.78 is 24.2. The molecular formula is C23H21FN6O3. The van der Waals surface area contributed by atoms with Crippen molar-refractivity contribution in [3.05, 3.63) is 59.8 Å². The van der Waals surface area contributed by atoms with E-state index < -0.39 is 11.8 Å². The number of esters is 1. The fraction of sp³-hybridized carbons (Fsp3) is 0.261. The maximum Gasteiger partial charge on any atom is 0.339 e. The van der Waals surface area contributed by atoms with Gasteiger partial charge < -0.3 is 19.7 Å². The van der Waals surface area contributed by atoms with Crippen molar-refractivity contribution in [3.63, 3.8) is 0 Å². The number of morpholine rings is 1. The molecule has 1 aromatic carbocycles. The lowest BCUT2D eigenvalue weighted by Crippen LogP contribution is -2.37. The normalized spacial score (nSPS) is 13.3. The number of hydrogen-bond donors (Lipinski definition) is 1. The molecule has 1 fully saturated rings. The van der Waals surface area contributed by atoms with E-state index in [4.69, 9.17) is 14.7 Å². The molecule has 3 heterocycles. The molecule has 10 heteroatoms. The molecule has 168 valence electrons. The first kappa shape index (κ1) is 22.1. The van der Waals surface area contributed by atoms with Gasteiger partial charge in [-0.1, -0.05) is 0 Å². The van der Waals surface area contributed by atoms with Gasteiger partial charge in [0.1, 0.15) is 17.7 Å². The van der Waals surface area contributed by atoms with Crippen LogP contribution in [0.4, 0.5) is 21.8 Å². The van der Waals surface area contributed by atoms with Gasteiger partial charge in [0.25, 0.3) is 0 Å². The van der Waals surface area contributed by atoms with Crippen LogP contribution in [-0.4, -0.2) is 53.8 Å². The van der Waals surface area contributed by atoms with Gasteiger partial charge in [-0.2, -0.15) is 10.2 Å². The highest BCUT2D eigenvalue weighted by Crippen LogP contribution is 2.31. The van der Waals surface area contributed by atoms with Gasteiger partial charge in [0.15, 0.2) is 0 Å². The molecular weight excluding hydrogens is 427 g/mol. The lowest BCUT2D eigenvalue weighted by Gasteiger charge is -2.29. The van der Waals surface area contributed by atoms with E-state index in [-0.39, 0.29) is 18.1 Å². The second kappa shape index (κ2) is 10.0. The molecule has 0 saturated carbocycles. The molecule has 0 spiro atoms. The number of nitrogens with zero attached hydrogens (tertiary/aromatic N) is 5. The van der Waals surface area contributed by atoms with Crippen LogP contribution in [0.5, 0.6) is 0 Å². The van der Waals surface area contributed by atoms with Gasteiger partial charge in [-0.25, -0.2) is 14.2 Å². The minimum absolute atomic E-state index is 0.0770. The van der Waals surface area contributed by atoms with Crippen LogP contribution in [0, 0.1) is 17.1 Å². The molecule has 2 aromatic heterocycles. The Labute approximate surface area is 189 Å². The predicted molar refractivity (Wildman–Crippen MR) is 119 cm³/mol. The van der Waals surface area contributed by atoms with E-state index in [1.807, 2.05) is 6.07 Å². The second-order valence-corrected chi connectivity index (χ2v) is 7.14. The molecule has 9 nitrogen and oxygen atoms in total. The number of carbonyl (C=O) groups excluding carboxylic acids is 1. The van der Waals surface area contributed by atoms with Crippen molar-refractivity contribution in [2.24, 2.45) is 0 Å². The quantitative estimate of drug-likeness (QED) is 0.567. The summed E-state index contributed by atoms with van der Waals surface area (Å²) in [6.07, 6.45) is 4.73. The number of aromatic nitrogens is 3. The third kappa shape index (κ3) is 5.05. The fourth-order valence-electron chi connectivity index (χ4n) is 3.38. The number of nitrogens with one attached hydrogen (secondary N) is 1. The summed E-state index contributed by atoms with van der Waals surface area (Å²) in [5.41, 5.74) is 2.10. The van der Waals surface area contributed by atoms with Crippen molar-refractivity contribution in [2.45, 2.75) is 6.92 Å². The Morgan fingerprint density at radius 2 is 2.09 bits per heavy atom. The number of ether oxygens (including phenoxy) is 2. The van der Waals surface area contributed by atoms with E-state index in [1.54, 1.807) is 25.4 Å². The van der Waals surface area contributed by atoms with Crippen LogP contribution >= 0.6 is 0 Å². The Morgan fingerprint density at radius 1 is 1.27 bits per heavy atom. The van der Waals surface area contributed by atoms with E-state index >= 15 is 0 Å². The largest absolute Gasteiger partial charge is 0.462 e. The number of nitriles is 1. The zero-order chi connectivity index (χ0) is 23.2. The predicted octanol–water partition coefficient (Wildman–Crippen LogP) is 3.31. The van der Waals surface area contributed by atoms with Crippen molar-refractivity contribution in [1.29, 1.82) is 5.26 Å². The first-order valence-corrected chi connectivity index (χ1v) is 10.4. The zero-order valence-electron chi connectivity index (χ0n) is 17.9. The SMILES string of the molecule is CCOC(=O)c1cncc(-c2cnc(Nc3ccc(F)c(C#N)c3)nc2N2CCOCC2)c1. The zero-order valence-corrected chi connectivity index (χ0v) is 17.9. The van der Waals surface area contributed by atoms with Gasteiger partial charge in [0.05, 0.1) is 30.9 Å². The summed E-state index contributed by atoms with van der Waals surface area (Å²) >= 11 is 0. The molecule has 1 saturated heterocycles. The van der Waals surface area contributed by atoms with Gasteiger partial charge in [0, 0.05) is 48.5 Å². The molecule has 0 bridgehead atoms. The third-order valence-corrected chi connectivity index (χ3v) is 4.98. The van der Waals surface area contributed by atoms with E-state index in [2.05, 4.69) is 25.2 Å². The number of halogens is 1. The molecule has 1 N–H and O–H groups in total. The second-order valence-electron chi connectivity index (χ2n) is 7.14. The van der Waals surface area contributed by atoms with Crippen LogP contribution in [0.25, 0.3) is 11.1 Å². The number of anilines is 3. The van der Waals surface area contributed by atoms with Crippen molar-refractivity contribution in [2.75, 3.05) is 43.1 Å².